The zero-order valence-electron chi connectivity index (χ0n) is 15.3. The highest BCUT2D eigenvalue weighted by atomic mass is 16.5. The molecule has 0 aromatic heterocycles. The van der Waals surface area contributed by atoms with Gasteiger partial charge >= 0.3 is 0 Å². The molecule has 0 radical (unpaired) electrons. The Bertz CT molecular complexity index is 467. The number of nitrogens with one attached hydrogen (secondary N) is 1. The topological polar surface area (TPSA) is 71.1 Å². The van der Waals surface area contributed by atoms with Gasteiger partial charge in [0.2, 0.25) is 11.8 Å². The van der Waals surface area contributed by atoms with Crippen LogP contribution in [0.3, 0.4) is 0 Å². The Hall–Kier alpha value is -1.18. The molecule has 0 aliphatic carbocycles. The monoisotopic (exact) mass is 353 g/mol. The van der Waals surface area contributed by atoms with Gasteiger partial charge in [-0.2, -0.15) is 0 Å². The van der Waals surface area contributed by atoms with Gasteiger partial charge in [-0.3, -0.25) is 9.59 Å². The maximum absolute atomic E-state index is 13.3. The number of likely N-dealkylation sites (tertiary alicyclic amines) is 1. The van der Waals surface area contributed by atoms with Crippen LogP contribution in [0.2, 0.25) is 0 Å². The molecule has 3 aliphatic heterocycles. The van der Waals surface area contributed by atoms with Crippen LogP contribution in [0.5, 0.6) is 0 Å². The lowest BCUT2D eigenvalue weighted by molar-refractivity contribution is -0.152. The quantitative estimate of drug-likeness (QED) is 0.776. The molecule has 3 heterocycles. The van der Waals surface area contributed by atoms with Gasteiger partial charge in [0.15, 0.2) is 0 Å². The Labute approximate surface area is 150 Å². The Balaban J connectivity index is 1.65. The summed E-state index contributed by atoms with van der Waals surface area (Å²) in [5.74, 6) is 0.291. The van der Waals surface area contributed by atoms with Gasteiger partial charge in [-0.1, -0.05) is 0 Å². The van der Waals surface area contributed by atoms with Gasteiger partial charge in [-0.15, -0.1) is 0 Å². The summed E-state index contributed by atoms with van der Waals surface area (Å²) in [5.41, 5.74) is -0.427. The first-order valence-corrected chi connectivity index (χ1v) is 9.52. The van der Waals surface area contributed by atoms with Crippen LogP contribution in [0.4, 0.5) is 0 Å². The minimum absolute atomic E-state index is 0.0721. The molecule has 3 rings (SSSR count). The third-order valence-electron chi connectivity index (χ3n) is 5.82. The highest BCUT2D eigenvalue weighted by Crippen LogP contribution is 2.33. The molecule has 1 unspecified atom stereocenters. The summed E-state index contributed by atoms with van der Waals surface area (Å²) in [5, 5.41) is 3.33. The van der Waals surface area contributed by atoms with E-state index < -0.39 is 5.41 Å². The minimum Gasteiger partial charge on any atom is -0.384 e. The summed E-state index contributed by atoms with van der Waals surface area (Å²) < 4.78 is 10.7. The Kier molecular flexibility index (Phi) is 6.30. The molecule has 0 aromatic rings. The number of carbonyl (C=O) groups is 2. The van der Waals surface area contributed by atoms with Crippen molar-refractivity contribution in [2.75, 3.05) is 66.2 Å². The van der Waals surface area contributed by atoms with Crippen molar-refractivity contribution in [1.29, 1.82) is 0 Å². The Morgan fingerprint density at radius 3 is 2.56 bits per heavy atom. The van der Waals surface area contributed by atoms with E-state index >= 15 is 0 Å². The standard InChI is InChI=1S/C18H31N3O4/c1-24-14-18(4-6-19-7-5-18)17(23)21-8-2-3-15(13-21)16(22)20-9-11-25-12-10-20/h15,19H,2-14H2,1H3. The summed E-state index contributed by atoms with van der Waals surface area (Å²) >= 11 is 0. The predicted molar refractivity (Wildman–Crippen MR) is 93.1 cm³/mol. The number of hydrogen-bond acceptors (Lipinski definition) is 5. The number of ether oxygens (including phenoxy) is 2. The van der Waals surface area contributed by atoms with Crippen LogP contribution in [-0.4, -0.2) is 87.8 Å². The number of piperidine rings is 2. The van der Waals surface area contributed by atoms with Gasteiger partial charge in [0.25, 0.3) is 0 Å². The number of hydrogen-bond donors (Lipinski definition) is 1. The first-order chi connectivity index (χ1) is 12.2. The molecular formula is C18H31N3O4. The van der Waals surface area contributed by atoms with Crippen molar-refractivity contribution in [2.45, 2.75) is 25.7 Å². The van der Waals surface area contributed by atoms with Crippen LogP contribution in [0.1, 0.15) is 25.7 Å². The van der Waals surface area contributed by atoms with Crippen molar-refractivity contribution in [1.82, 2.24) is 15.1 Å². The maximum Gasteiger partial charge on any atom is 0.231 e. The van der Waals surface area contributed by atoms with Gasteiger partial charge in [-0.25, -0.2) is 0 Å². The largest absolute Gasteiger partial charge is 0.384 e. The molecule has 25 heavy (non-hydrogen) atoms. The number of nitrogens with zero attached hydrogens (tertiary/aromatic N) is 2. The highest BCUT2D eigenvalue weighted by Gasteiger charge is 2.44. The predicted octanol–water partition coefficient (Wildman–Crippen LogP) is 0.100. The van der Waals surface area contributed by atoms with Crippen molar-refractivity contribution >= 4 is 11.8 Å². The fourth-order valence-corrected chi connectivity index (χ4v) is 4.34. The van der Waals surface area contributed by atoms with Crippen LogP contribution in [0.15, 0.2) is 0 Å². The second-order valence-corrected chi connectivity index (χ2v) is 7.49. The maximum atomic E-state index is 13.3. The lowest BCUT2D eigenvalue weighted by atomic mass is 9.77. The molecular weight excluding hydrogens is 322 g/mol. The Morgan fingerprint density at radius 1 is 1.16 bits per heavy atom. The molecule has 7 nitrogen and oxygen atoms in total. The van der Waals surface area contributed by atoms with E-state index in [9.17, 15) is 9.59 Å². The van der Waals surface area contributed by atoms with Gasteiger partial charge in [0.1, 0.15) is 0 Å². The van der Waals surface area contributed by atoms with Crippen LogP contribution in [0, 0.1) is 11.3 Å². The molecule has 3 fully saturated rings. The molecule has 3 saturated heterocycles. The van der Waals surface area contributed by atoms with E-state index in [2.05, 4.69) is 5.32 Å². The average molecular weight is 353 g/mol. The number of methoxy groups -OCH3 is 1. The second kappa shape index (κ2) is 8.47. The van der Waals surface area contributed by atoms with Gasteiger partial charge in [0, 0.05) is 33.3 Å². The normalized spacial score (nSPS) is 27.2. The molecule has 1 atom stereocenters. The zero-order chi connectivity index (χ0) is 17.7. The van der Waals surface area contributed by atoms with Crippen LogP contribution in [0.25, 0.3) is 0 Å². The van der Waals surface area contributed by atoms with Gasteiger partial charge in [0.05, 0.1) is 31.2 Å². The van der Waals surface area contributed by atoms with E-state index in [1.807, 2.05) is 9.80 Å². The SMILES string of the molecule is COCC1(C(=O)N2CCCC(C(=O)N3CCOCC3)C2)CCNCC1. The number of amides is 2. The lowest BCUT2D eigenvalue weighted by Gasteiger charge is -2.42. The highest BCUT2D eigenvalue weighted by molar-refractivity contribution is 5.85. The van der Waals surface area contributed by atoms with Crippen molar-refractivity contribution in [3.8, 4) is 0 Å². The van der Waals surface area contributed by atoms with Gasteiger partial charge < -0.3 is 24.6 Å². The summed E-state index contributed by atoms with van der Waals surface area (Å²) in [4.78, 5) is 29.9. The number of morpholine rings is 1. The van der Waals surface area contributed by atoms with E-state index in [0.29, 0.717) is 39.5 Å². The van der Waals surface area contributed by atoms with Crippen molar-refractivity contribution in [3.63, 3.8) is 0 Å². The molecule has 1 N–H and O–H groups in total. The van der Waals surface area contributed by atoms with Crippen molar-refractivity contribution in [3.05, 3.63) is 0 Å². The molecule has 0 saturated carbocycles. The molecule has 0 aromatic carbocycles. The minimum atomic E-state index is -0.427. The Morgan fingerprint density at radius 2 is 1.88 bits per heavy atom. The number of rotatable bonds is 4. The molecule has 3 aliphatic rings. The molecule has 142 valence electrons. The smallest absolute Gasteiger partial charge is 0.231 e. The van der Waals surface area contributed by atoms with Crippen molar-refractivity contribution in [2.24, 2.45) is 11.3 Å². The molecule has 7 heteroatoms. The van der Waals surface area contributed by atoms with Crippen LogP contribution in [-0.2, 0) is 19.1 Å². The van der Waals surface area contributed by atoms with E-state index in [1.165, 1.54) is 0 Å². The summed E-state index contributed by atoms with van der Waals surface area (Å²) in [7, 11) is 1.66. The first-order valence-electron chi connectivity index (χ1n) is 9.52. The van der Waals surface area contributed by atoms with Crippen LogP contribution >= 0.6 is 0 Å². The van der Waals surface area contributed by atoms with Crippen molar-refractivity contribution < 1.29 is 19.1 Å². The molecule has 0 bridgehead atoms. The fourth-order valence-electron chi connectivity index (χ4n) is 4.34. The third kappa shape index (κ3) is 4.15. The first kappa shape index (κ1) is 18.6. The van der Waals surface area contributed by atoms with E-state index in [4.69, 9.17) is 9.47 Å². The zero-order valence-corrected chi connectivity index (χ0v) is 15.3. The molecule has 2 amide bonds. The third-order valence-corrected chi connectivity index (χ3v) is 5.82. The summed E-state index contributed by atoms with van der Waals surface area (Å²) in [6, 6.07) is 0. The van der Waals surface area contributed by atoms with Gasteiger partial charge in [-0.05, 0) is 38.8 Å². The van der Waals surface area contributed by atoms with E-state index in [1.54, 1.807) is 7.11 Å². The summed E-state index contributed by atoms with van der Waals surface area (Å²) in [6.45, 7) is 6.03. The second-order valence-electron chi connectivity index (χ2n) is 7.49. The molecule has 0 spiro atoms. The average Bonchev–Trinajstić information content (AvgIpc) is 2.68. The fraction of sp³-hybridized carbons (Fsp3) is 0.889. The van der Waals surface area contributed by atoms with Crippen LogP contribution < -0.4 is 5.32 Å². The van der Waals surface area contributed by atoms with E-state index in [0.717, 1.165) is 45.3 Å². The van der Waals surface area contributed by atoms with E-state index in [-0.39, 0.29) is 17.7 Å². The lowest BCUT2D eigenvalue weighted by Crippen LogP contribution is -2.55. The summed E-state index contributed by atoms with van der Waals surface area (Å²) in [6.07, 6.45) is 3.38. The number of carbonyl (C=O) groups excluding carboxylic acids is 2.